The predicted octanol–water partition coefficient (Wildman–Crippen LogP) is 3.29. The Kier molecular flexibility index (Phi) is 4.99. The Labute approximate surface area is 120 Å². The zero-order valence-corrected chi connectivity index (χ0v) is 12.7. The fourth-order valence-electron chi connectivity index (χ4n) is 2.64. The number of hydrogen-bond acceptors (Lipinski definition) is 4. The molecule has 2 rings (SSSR count). The number of nitrogens with zero attached hydrogens (tertiary/aromatic N) is 3. The van der Waals surface area contributed by atoms with Crippen molar-refractivity contribution < 1.29 is 4.74 Å². The van der Waals surface area contributed by atoms with Crippen molar-refractivity contribution in [2.24, 2.45) is 5.92 Å². The number of halogens is 1. The van der Waals surface area contributed by atoms with Crippen molar-refractivity contribution in [1.29, 1.82) is 0 Å². The average molecular weight is 284 g/mol. The smallest absolute Gasteiger partial charge is 0.158 e. The molecule has 0 atom stereocenters. The van der Waals surface area contributed by atoms with Gasteiger partial charge in [-0.15, -0.1) is 0 Å². The highest BCUT2D eigenvalue weighted by molar-refractivity contribution is 6.29. The lowest BCUT2D eigenvalue weighted by Crippen LogP contribution is -2.35. The summed E-state index contributed by atoms with van der Waals surface area (Å²) in [4.78, 5) is 10.9. The lowest BCUT2D eigenvalue weighted by molar-refractivity contribution is 0.178. The van der Waals surface area contributed by atoms with Gasteiger partial charge in [0.1, 0.15) is 17.6 Å². The van der Waals surface area contributed by atoms with Gasteiger partial charge in [-0.3, -0.25) is 0 Å². The predicted molar refractivity (Wildman–Crippen MR) is 77.6 cm³/mol. The SMILES string of the molecule is COCc1nc(Cl)cc(N(C)C2CCC(C)CC2)n1. The summed E-state index contributed by atoms with van der Waals surface area (Å²) in [5.74, 6) is 2.38. The van der Waals surface area contributed by atoms with Gasteiger partial charge in [0.15, 0.2) is 5.82 Å². The van der Waals surface area contributed by atoms with E-state index in [2.05, 4.69) is 28.8 Å². The normalized spacial score (nSPS) is 23.4. The van der Waals surface area contributed by atoms with Gasteiger partial charge in [-0.1, -0.05) is 18.5 Å². The maximum Gasteiger partial charge on any atom is 0.158 e. The first kappa shape index (κ1) is 14.5. The van der Waals surface area contributed by atoms with Gasteiger partial charge in [0.2, 0.25) is 0 Å². The third-order valence-corrected chi connectivity index (χ3v) is 4.09. The number of aromatic nitrogens is 2. The Bertz CT molecular complexity index is 419. The van der Waals surface area contributed by atoms with E-state index in [1.54, 1.807) is 7.11 Å². The molecule has 1 aromatic rings. The molecule has 4 nitrogen and oxygen atoms in total. The van der Waals surface area contributed by atoms with E-state index in [1.165, 1.54) is 25.7 Å². The Morgan fingerprint density at radius 2 is 2.00 bits per heavy atom. The molecule has 0 aliphatic heterocycles. The zero-order valence-electron chi connectivity index (χ0n) is 11.9. The van der Waals surface area contributed by atoms with E-state index in [0.717, 1.165) is 11.7 Å². The van der Waals surface area contributed by atoms with Crippen LogP contribution in [0.5, 0.6) is 0 Å². The quantitative estimate of drug-likeness (QED) is 0.795. The molecule has 5 heteroatoms. The van der Waals surface area contributed by atoms with Crippen molar-refractivity contribution in [2.45, 2.75) is 45.3 Å². The second-order valence-electron chi connectivity index (χ2n) is 5.42. The van der Waals surface area contributed by atoms with Crippen LogP contribution in [0.3, 0.4) is 0 Å². The van der Waals surface area contributed by atoms with Crippen molar-refractivity contribution in [2.75, 3.05) is 19.1 Å². The van der Waals surface area contributed by atoms with Gasteiger partial charge in [-0.05, 0) is 31.6 Å². The average Bonchev–Trinajstić information content (AvgIpc) is 2.38. The molecule has 0 aromatic carbocycles. The molecular weight excluding hydrogens is 262 g/mol. The summed E-state index contributed by atoms with van der Waals surface area (Å²) in [5.41, 5.74) is 0. The van der Waals surface area contributed by atoms with Crippen LogP contribution < -0.4 is 4.90 Å². The van der Waals surface area contributed by atoms with Gasteiger partial charge in [0, 0.05) is 26.3 Å². The first-order valence-corrected chi connectivity index (χ1v) is 7.23. The minimum atomic E-state index is 0.392. The zero-order chi connectivity index (χ0) is 13.8. The largest absolute Gasteiger partial charge is 0.377 e. The first-order chi connectivity index (χ1) is 9.10. The van der Waals surface area contributed by atoms with Crippen LogP contribution in [0.2, 0.25) is 5.15 Å². The molecule has 1 fully saturated rings. The van der Waals surface area contributed by atoms with E-state index in [4.69, 9.17) is 16.3 Å². The second-order valence-corrected chi connectivity index (χ2v) is 5.81. The maximum atomic E-state index is 6.06. The minimum Gasteiger partial charge on any atom is -0.377 e. The summed E-state index contributed by atoms with van der Waals surface area (Å²) < 4.78 is 5.08. The first-order valence-electron chi connectivity index (χ1n) is 6.85. The van der Waals surface area contributed by atoms with Crippen LogP contribution in [0.4, 0.5) is 5.82 Å². The van der Waals surface area contributed by atoms with Crippen molar-refractivity contribution in [3.05, 3.63) is 17.0 Å². The Morgan fingerprint density at radius 3 is 2.63 bits per heavy atom. The van der Waals surface area contributed by atoms with E-state index in [-0.39, 0.29) is 0 Å². The highest BCUT2D eigenvalue weighted by Gasteiger charge is 2.23. The standard InChI is InChI=1S/C14H22ClN3O/c1-10-4-6-11(7-5-10)18(2)14-8-12(15)16-13(17-14)9-19-3/h8,10-11H,4-7,9H2,1-3H3. The molecule has 19 heavy (non-hydrogen) atoms. The maximum absolute atomic E-state index is 6.06. The highest BCUT2D eigenvalue weighted by atomic mass is 35.5. The molecule has 0 spiro atoms. The van der Waals surface area contributed by atoms with E-state index >= 15 is 0 Å². The van der Waals surface area contributed by atoms with E-state index in [9.17, 15) is 0 Å². The van der Waals surface area contributed by atoms with Crippen molar-refractivity contribution in [1.82, 2.24) is 9.97 Å². The summed E-state index contributed by atoms with van der Waals surface area (Å²) in [5, 5.41) is 0.480. The molecule has 0 radical (unpaired) electrons. The molecule has 0 N–H and O–H groups in total. The fraction of sp³-hybridized carbons (Fsp3) is 0.714. The molecule has 1 heterocycles. The molecule has 1 aliphatic rings. The lowest BCUT2D eigenvalue weighted by Gasteiger charge is -2.34. The third-order valence-electron chi connectivity index (χ3n) is 3.90. The van der Waals surface area contributed by atoms with Crippen molar-refractivity contribution >= 4 is 17.4 Å². The van der Waals surface area contributed by atoms with Crippen molar-refractivity contribution in [3.63, 3.8) is 0 Å². The highest BCUT2D eigenvalue weighted by Crippen LogP contribution is 2.29. The topological polar surface area (TPSA) is 38.2 Å². The van der Waals surface area contributed by atoms with Gasteiger partial charge in [0.25, 0.3) is 0 Å². The van der Waals surface area contributed by atoms with Crippen molar-refractivity contribution in [3.8, 4) is 0 Å². The Hall–Kier alpha value is -0.870. The Morgan fingerprint density at radius 1 is 1.32 bits per heavy atom. The van der Waals surface area contributed by atoms with Crippen LogP contribution in [0.15, 0.2) is 6.07 Å². The van der Waals surface area contributed by atoms with Gasteiger partial charge in [-0.2, -0.15) is 0 Å². The number of hydrogen-bond donors (Lipinski definition) is 0. The van der Waals surface area contributed by atoms with Gasteiger partial charge < -0.3 is 9.64 Å². The van der Waals surface area contributed by atoms with Crippen LogP contribution in [-0.2, 0) is 11.3 Å². The Balaban J connectivity index is 2.11. The molecule has 0 amide bonds. The van der Waals surface area contributed by atoms with Gasteiger partial charge in [0.05, 0.1) is 0 Å². The summed E-state index contributed by atoms with van der Waals surface area (Å²) in [6.07, 6.45) is 5.02. The monoisotopic (exact) mass is 283 g/mol. The summed E-state index contributed by atoms with van der Waals surface area (Å²) in [6.45, 7) is 2.72. The van der Waals surface area contributed by atoms with E-state index in [0.29, 0.717) is 23.6 Å². The molecule has 1 aliphatic carbocycles. The number of rotatable bonds is 4. The van der Waals surface area contributed by atoms with E-state index in [1.807, 2.05) is 6.07 Å². The van der Waals surface area contributed by atoms with E-state index < -0.39 is 0 Å². The van der Waals surface area contributed by atoms with Crippen LogP contribution >= 0.6 is 11.6 Å². The molecule has 1 aromatic heterocycles. The van der Waals surface area contributed by atoms with Crippen LogP contribution in [0, 0.1) is 5.92 Å². The lowest BCUT2D eigenvalue weighted by atomic mass is 9.87. The third kappa shape index (κ3) is 3.80. The molecule has 0 unspecified atom stereocenters. The number of ether oxygens (including phenoxy) is 1. The summed E-state index contributed by atoms with van der Waals surface area (Å²) in [7, 11) is 3.73. The van der Waals surface area contributed by atoms with Crippen LogP contribution in [-0.4, -0.2) is 30.2 Å². The minimum absolute atomic E-state index is 0.392. The van der Waals surface area contributed by atoms with Crippen LogP contribution in [0.1, 0.15) is 38.4 Å². The number of anilines is 1. The molecular formula is C14H22ClN3O. The molecule has 0 bridgehead atoms. The number of methoxy groups -OCH3 is 1. The summed E-state index contributed by atoms with van der Waals surface area (Å²) in [6, 6.07) is 2.39. The molecule has 1 saturated carbocycles. The second kappa shape index (κ2) is 6.53. The summed E-state index contributed by atoms with van der Waals surface area (Å²) >= 11 is 6.06. The van der Waals surface area contributed by atoms with Gasteiger partial charge in [-0.25, -0.2) is 9.97 Å². The molecule has 0 saturated heterocycles. The van der Waals surface area contributed by atoms with Gasteiger partial charge >= 0.3 is 0 Å². The van der Waals surface area contributed by atoms with Crippen LogP contribution in [0.25, 0.3) is 0 Å². The molecule has 106 valence electrons. The fourth-order valence-corrected chi connectivity index (χ4v) is 2.84.